The summed E-state index contributed by atoms with van der Waals surface area (Å²) in [5, 5.41) is 0. The van der Waals surface area contributed by atoms with Crippen LogP contribution in [-0.4, -0.2) is 7.11 Å². The van der Waals surface area contributed by atoms with Gasteiger partial charge in [-0.2, -0.15) is 0 Å². The predicted octanol–water partition coefficient (Wildman–Crippen LogP) is 6.31. The van der Waals surface area contributed by atoms with Crippen LogP contribution in [0.25, 0.3) is 0 Å². The normalized spacial score (nSPS) is 12.3. The molecule has 1 nitrogen and oxygen atoms in total. The zero-order chi connectivity index (χ0) is 14.0. The average molecular weight is 561 g/mol. The Balaban J connectivity index is 2.43. The maximum atomic E-state index is 5.22. The number of ether oxygens (including phenoxy) is 1. The zero-order valence-corrected chi connectivity index (χ0v) is 16.9. The average Bonchev–Trinajstić information content (AvgIpc) is 2.40. The van der Waals surface area contributed by atoms with Crippen LogP contribution >= 0.6 is 70.4 Å². The Labute approximate surface area is 151 Å². The third-order valence-corrected chi connectivity index (χ3v) is 5.78. The number of alkyl halides is 1. The van der Waals surface area contributed by atoms with Gasteiger partial charge in [-0.25, -0.2) is 0 Å². The van der Waals surface area contributed by atoms with Gasteiger partial charge in [0, 0.05) is 12.5 Å². The second kappa shape index (κ2) is 6.91. The fourth-order valence-electron chi connectivity index (χ4n) is 1.72. The number of hydrogen-bond acceptors (Lipinski definition) is 1. The minimum Gasteiger partial charge on any atom is -0.497 e. The smallest absolute Gasteiger partial charge is 0.120 e. The van der Waals surface area contributed by atoms with Gasteiger partial charge in [0.25, 0.3) is 0 Å². The molecule has 2 rings (SSSR count). The fraction of sp³-hybridized carbons (Fsp3) is 0.143. The Morgan fingerprint density at radius 2 is 1.74 bits per heavy atom. The summed E-state index contributed by atoms with van der Waals surface area (Å²) in [7, 11) is 1.67. The van der Waals surface area contributed by atoms with Crippen molar-refractivity contribution in [2.75, 3.05) is 7.11 Å². The van der Waals surface area contributed by atoms with Crippen molar-refractivity contribution in [3.8, 4) is 5.75 Å². The molecule has 0 aliphatic carbocycles. The molecule has 0 saturated carbocycles. The van der Waals surface area contributed by atoms with Crippen molar-refractivity contribution in [2.45, 2.75) is 4.83 Å². The molecule has 0 fully saturated rings. The molecule has 2 aromatic carbocycles. The van der Waals surface area contributed by atoms with Gasteiger partial charge in [0.15, 0.2) is 0 Å². The van der Waals surface area contributed by atoms with Gasteiger partial charge in [0.2, 0.25) is 0 Å². The predicted molar refractivity (Wildman–Crippen MR) is 98.3 cm³/mol. The largest absolute Gasteiger partial charge is 0.497 e. The topological polar surface area (TPSA) is 9.23 Å². The van der Waals surface area contributed by atoms with Gasteiger partial charge in [-0.05, 0) is 64.0 Å². The first kappa shape index (κ1) is 15.8. The molecule has 19 heavy (non-hydrogen) atoms. The van der Waals surface area contributed by atoms with Crippen molar-refractivity contribution >= 4 is 70.4 Å². The summed E-state index contributed by atoms with van der Waals surface area (Å²) in [5.41, 5.74) is 2.38. The van der Waals surface area contributed by atoms with Crippen molar-refractivity contribution in [1.29, 1.82) is 0 Å². The van der Waals surface area contributed by atoms with E-state index < -0.39 is 0 Å². The summed E-state index contributed by atoms with van der Waals surface area (Å²) in [4.78, 5) is 0.122. The standard InChI is InChI=1S/C14H10Br3IO/c1-19-9-3-4-10(13(16)7-9)14(17)11-6-8(18)2-5-12(11)15/h2-7,14H,1H3. The SMILES string of the molecule is COc1ccc(C(Br)c2cc(I)ccc2Br)c(Br)c1. The van der Waals surface area contributed by atoms with Crippen LogP contribution < -0.4 is 4.74 Å². The van der Waals surface area contributed by atoms with Crippen LogP contribution in [-0.2, 0) is 0 Å². The fourth-order valence-corrected chi connectivity index (χ4v) is 4.69. The molecule has 0 aromatic heterocycles. The van der Waals surface area contributed by atoms with Crippen LogP contribution in [0.3, 0.4) is 0 Å². The monoisotopic (exact) mass is 558 g/mol. The van der Waals surface area contributed by atoms with Gasteiger partial charge in [-0.3, -0.25) is 0 Å². The first-order valence-electron chi connectivity index (χ1n) is 5.45. The molecule has 0 heterocycles. The molecule has 5 heteroatoms. The molecule has 0 radical (unpaired) electrons. The van der Waals surface area contributed by atoms with Crippen molar-refractivity contribution in [3.05, 3.63) is 60.0 Å². The summed E-state index contributed by atoms with van der Waals surface area (Å²) in [5.74, 6) is 0.844. The van der Waals surface area contributed by atoms with Gasteiger partial charge in [0.1, 0.15) is 5.75 Å². The van der Waals surface area contributed by atoms with E-state index in [1.54, 1.807) is 7.11 Å². The Bertz CT molecular complexity index is 601. The van der Waals surface area contributed by atoms with Crippen LogP contribution in [0, 0.1) is 3.57 Å². The Hall–Kier alpha value is 0.410. The summed E-state index contributed by atoms with van der Waals surface area (Å²) in [6.07, 6.45) is 0. The molecule has 0 saturated heterocycles. The summed E-state index contributed by atoms with van der Waals surface area (Å²) >= 11 is 13.3. The molecule has 0 bridgehead atoms. The quantitative estimate of drug-likeness (QED) is 0.316. The molecule has 1 atom stereocenters. The van der Waals surface area contributed by atoms with Crippen LogP contribution in [0.15, 0.2) is 45.3 Å². The van der Waals surface area contributed by atoms with E-state index in [1.807, 2.05) is 12.1 Å². The molecule has 0 spiro atoms. The molecule has 100 valence electrons. The van der Waals surface area contributed by atoms with E-state index in [4.69, 9.17) is 4.74 Å². The highest BCUT2D eigenvalue weighted by atomic mass is 127. The minimum absolute atomic E-state index is 0.122. The van der Waals surface area contributed by atoms with Gasteiger partial charge in [0.05, 0.1) is 11.9 Å². The molecular formula is C14H10Br3IO. The molecule has 0 aliphatic rings. The first-order chi connectivity index (χ1) is 9.02. The summed E-state index contributed by atoms with van der Waals surface area (Å²) in [6.45, 7) is 0. The van der Waals surface area contributed by atoms with E-state index in [9.17, 15) is 0 Å². The maximum Gasteiger partial charge on any atom is 0.120 e. The van der Waals surface area contributed by atoms with E-state index in [0.717, 1.165) is 14.7 Å². The number of halogens is 4. The maximum absolute atomic E-state index is 5.22. The summed E-state index contributed by atoms with van der Waals surface area (Å²) in [6, 6.07) is 12.3. The van der Waals surface area contributed by atoms with E-state index in [1.165, 1.54) is 14.7 Å². The van der Waals surface area contributed by atoms with Crippen LogP contribution in [0.1, 0.15) is 16.0 Å². The lowest BCUT2D eigenvalue weighted by Gasteiger charge is -2.15. The lowest BCUT2D eigenvalue weighted by molar-refractivity contribution is 0.414. The van der Waals surface area contributed by atoms with Gasteiger partial charge < -0.3 is 4.74 Å². The highest BCUT2D eigenvalue weighted by Crippen LogP contribution is 2.40. The Kier molecular flexibility index (Phi) is 5.75. The van der Waals surface area contributed by atoms with Crippen molar-refractivity contribution in [3.63, 3.8) is 0 Å². The van der Waals surface area contributed by atoms with Gasteiger partial charge in [-0.15, -0.1) is 0 Å². The van der Waals surface area contributed by atoms with Gasteiger partial charge >= 0.3 is 0 Å². The second-order valence-corrected chi connectivity index (χ2v) is 7.79. The number of rotatable bonds is 3. The lowest BCUT2D eigenvalue weighted by atomic mass is 10.0. The Morgan fingerprint density at radius 1 is 1.00 bits per heavy atom. The molecular weight excluding hydrogens is 551 g/mol. The van der Waals surface area contributed by atoms with Crippen molar-refractivity contribution < 1.29 is 4.74 Å². The Morgan fingerprint density at radius 3 is 2.37 bits per heavy atom. The highest BCUT2D eigenvalue weighted by molar-refractivity contribution is 14.1. The van der Waals surface area contributed by atoms with Crippen LogP contribution in [0.5, 0.6) is 5.75 Å². The third kappa shape index (κ3) is 3.74. The van der Waals surface area contributed by atoms with E-state index in [2.05, 4.69) is 94.6 Å². The number of methoxy groups -OCH3 is 1. The minimum atomic E-state index is 0.122. The molecule has 0 aliphatic heterocycles. The lowest BCUT2D eigenvalue weighted by Crippen LogP contribution is -1.96. The molecule has 0 N–H and O–H groups in total. The molecule has 2 aromatic rings. The number of hydrogen-bond donors (Lipinski definition) is 0. The molecule has 1 unspecified atom stereocenters. The second-order valence-electron chi connectivity index (χ2n) is 3.92. The van der Waals surface area contributed by atoms with Crippen LogP contribution in [0.2, 0.25) is 0 Å². The highest BCUT2D eigenvalue weighted by Gasteiger charge is 2.17. The van der Waals surface area contributed by atoms with Gasteiger partial charge in [-0.1, -0.05) is 53.9 Å². The van der Waals surface area contributed by atoms with E-state index in [-0.39, 0.29) is 4.83 Å². The van der Waals surface area contributed by atoms with E-state index >= 15 is 0 Å². The number of benzene rings is 2. The molecule has 0 amide bonds. The summed E-state index contributed by atoms with van der Waals surface area (Å²) < 4.78 is 8.56. The van der Waals surface area contributed by atoms with E-state index in [0.29, 0.717) is 0 Å². The third-order valence-electron chi connectivity index (χ3n) is 2.71. The van der Waals surface area contributed by atoms with Crippen molar-refractivity contribution in [2.24, 2.45) is 0 Å². The zero-order valence-electron chi connectivity index (χ0n) is 9.96. The van der Waals surface area contributed by atoms with Crippen LogP contribution in [0.4, 0.5) is 0 Å². The first-order valence-corrected chi connectivity index (χ1v) is 9.03. The van der Waals surface area contributed by atoms with Crippen molar-refractivity contribution in [1.82, 2.24) is 0 Å².